The van der Waals surface area contributed by atoms with Crippen LogP contribution in [-0.2, 0) is 11.3 Å². The number of nitrogens with zero attached hydrogens (tertiary/aromatic N) is 2. The standard InChI is InChI=1S/C22H23N3O2/c1-16-5-4-6-18(13-16)15-25-21(26)20(23-22(25)27)14-17-7-9-19(10-8-17)24-11-2-3-12-24/h4-10,13-14H,2-3,11-12,15H2,1H3,(H,23,27)/b20-14+. The van der Waals surface area contributed by atoms with E-state index in [1.54, 1.807) is 6.08 Å². The Hall–Kier alpha value is -3.08. The number of hydrogen-bond acceptors (Lipinski definition) is 3. The number of benzene rings is 2. The second-order valence-electron chi connectivity index (χ2n) is 7.15. The van der Waals surface area contributed by atoms with Crippen LogP contribution in [0.5, 0.6) is 0 Å². The predicted octanol–water partition coefficient (Wildman–Crippen LogP) is 3.69. The van der Waals surface area contributed by atoms with E-state index in [9.17, 15) is 9.59 Å². The molecule has 0 radical (unpaired) electrons. The molecule has 2 fully saturated rings. The van der Waals surface area contributed by atoms with Gasteiger partial charge in [-0.3, -0.25) is 9.69 Å². The first-order valence-electron chi connectivity index (χ1n) is 9.35. The topological polar surface area (TPSA) is 52.7 Å². The molecule has 2 heterocycles. The van der Waals surface area contributed by atoms with E-state index in [2.05, 4.69) is 22.3 Å². The zero-order chi connectivity index (χ0) is 18.8. The molecule has 138 valence electrons. The third kappa shape index (κ3) is 3.72. The van der Waals surface area contributed by atoms with Crippen molar-refractivity contribution in [3.63, 3.8) is 0 Å². The molecule has 1 N–H and O–H groups in total. The molecule has 3 amide bonds. The summed E-state index contributed by atoms with van der Waals surface area (Å²) in [4.78, 5) is 28.5. The zero-order valence-electron chi connectivity index (χ0n) is 15.4. The van der Waals surface area contributed by atoms with Gasteiger partial charge in [-0.2, -0.15) is 0 Å². The summed E-state index contributed by atoms with van der Waals surface area (Å²) in [7, 11) is 0. The first-order valence-corrected chi connectivity index (χ1v) is 9.35. The van der Waals surface area contributed by atoms with Crippen LogP contribution < -0.4 is 10.2 Å². The van der Waals surface area contributed by atoms with E-state index >= 15 is 0 Å². The van der Waals surface area contributed by atoms with Crippen molar-refractivity contribution in [2.24, 2.45) is 0 Å². The smallest absolute Gasteiger partial charge is 0.329 e. The molecule has 0 spiro atoms. The number of urea groups is 1. The number of anilines is 1. The summed E-state index contributed by atoms with van der Waals surface area (Å²) in [5, 5.41) is 2.69. The molecule has 5 nitrogen and oxygen atoms in total. The molecule has 0 bridgehead atoms. The van der Waals surface area contributed by atoms with Gasteiger partial charge in [0.1, 0.15) is 5.70 Å². The summed E-state index contributed by atoms with van der Waals surface area (Å²) in [6, 6.07) is 15.6. The van der Waals surface area contributed by atoms with E-state index in [0.717, 1.165) is 29.8 Å². The maximum absolute atomic E-state index is 12.7. The molecule has 2 aliphatic heterocycles. The minimum Gasteiger partial charge on any atom is -0.372 e. The monoisotopic (exact) mass is 361 g/mol. The van der Waals surface area contributed by atoms with E-state index < -0.39 is 0 Å². The van der Waals surface area contributed by atoms with Gasteiger partial charge >= 0.3 is 6.03 Å². The van der Waals surface area contributed by atoms with Gasteiger partial charge in [0.15, 0.2) is 0 Å². The van der Waals surface area contributed by atoms with E-state index in [0.29, 0.717) is 5.70 Å². The number of rotatable bonds is 4. The Morgan fingerprint density at radius 2 is 1.78 bits per heavy atom. The van der Waals surface area contributed by atoms with Crippen molar-refractivity contribution in [1.82, 2.24) is 10.2 Å². The molecular formula is C22H23N3O2. The highest BCUT2D eigenvalue weighted by molar-refractivity contribution is 6.13. The molecule has 5 heteroatoms. The van der Waals surface area contributed by atoms with Crippen molar-refractivity contribution in [2.75, 3.05) is 18.0 Å². The van der Waals surface area contributed by atoms with Gasteiger partial charge in [-0.15, -0.1) is 0 Å². The predicted molar refractivity (Wildman–Crippen MR) is 106 cm³/mol. The summed E-state index contributed by atoms with van der Waals surface area (Å²) in [6.45, 7) is 4.47. The van der Waals surface area contributed by atoms with Gasteiger partial charge in [-0.05, 0) is 49.1 Å². The highest BCUT2D eigenvalue weighted by Gasteiger charge is 2.33. The summed E-state index contributed by atoms with van der Waals surface area (Å²) in [5.41, 5.74) is 4.47. The summed E-state index contributed by atoms with van der Waals surface area (Å²) in [5.74, 6) is -0.287. The Kier molecular flexibility index (Phi) is 4.67. The van der Waals surface area contributed by atoms with E-state index in [1.807, 2.05) is 43.3 Å². The van der Waals surface area contributed by atoms with Crippen LogP contribution in [0, 0.1) is 6.92 Å². The number of carbonyl (C=O) groups excluding carboxylic acids is 2. The minimum atomic E-state index is -0.374. The molecule has 27 heavy (non-hydrogen) atoms. The van der Waals surface area contributed by atoms with Gasteiger partial charge < -0.3 is 10.2 Å². The Bertz CT molecular complexity index is 896. The maximum atomic E-state index is 12.7. The van der Waals surface area contributed by atoms with Crippen LogP contribution in [-0.4, -0.2) is 29.9 Å². The lowest BCUT2D eigenvalue weighted by atomic mass is 10.1. The van der Waals surface area contributed by atoms with Gasteiger partial charge in [0.25, 0.3) is 5.91 Å². The second kappa shape index (κ2) is 7.27. The lowest BCUT2D eigenvalue weighted by molar-refractivity contribution is -0.123. The van der Waals surface area contributed by atoms with Crippen molar-refractivity contribution in [2.45, 2.75) is 26.3 Å². The van der Waals surface area contributed by atoms with Gasteiger partial charge in [-0.25, -0.2) is 4.79 Å². The van der Waals surface area contributed by atoms with Crippen molar-refractivity contribution < 1.29 is 9.59 Å². The van der Waals surface area contributed by atoms with Crippen LogP contribution in [0.15, 0.2) is 54.2 Å². The number of amides is 3. The molecule has 2 saturated heterocycles. The molecule has 2 aromatic carbocycles. The Morgan fingerprint density at radius 3 is 2.48 bits per heavy atom. The van der Waals surface area contributed by atoms with Gasteiger partial charge in [0, 0.05) is 18.8 Å². The van der Waals surface area contributed by atoms with Gasteiger partial charge in [0.05, 0.1) is 6.54 Å². The molecule has 0 aromatic heterocycles. The van der Waals surface area contributed by atoms with Crippen LogP contribution in [0.4, 0.5) is 10.5 Å². The third-order valence-corrected chi connectivity index (χ3v) is 5.06. The average Bonchev–Trinajstić information content (AvgIpc) is 3.28. The van der Waals surface area contributed by atoms with Crippen molar-refractivity contribution in [3.8, 4) is 0 Å². The summed E-state index contributed by atoms with van der Waals surface area (Å²) < 4.78 is 0. The average molecular weight is 361 g/mol. The zero-order valence-corrected chi connectivity index (χ0v) is 15.4. The SMILES string of the molecule is Cc1cccc(CN2C(=O)N/C(=C/c3ccc(N4CCCC4)cc3)C2=O)c1. The molecule has 4 rings (SSSR count). The van der Waals surface area contributed by atoms with Crippen LogP contribution in [0.1, 0.15) is 29.5 Å². The summed E-state index contributed by atoms with van der Waals surface area (Å²) >= 11 is 0. The van der Waals surface area contributed by atoms with Crippen LogP contribution in [0.3, 0.4) is 0 Å². The van der Waals surface area contributed by atoms with Crippen LogP contribution in [0.25, 0.3) is 6.08 Å². The normalized spacial score (nSPS) is 18.5. The number of nitrogens with one attached hydrogen (secondary N) is 1. The van der Waals surface area contributed by atoms with Crippen molar-refractivity contribution >= 4 is 23.7 Å². The fourth-order valence-corrected chi connectivity index (χ4v) is 3.63. The Labute approximate surface area is 159 Å². The highest BCUT2D eigenvalue weighted by Crippen LogP contribution is 2.22. The largest absolute Gasteiger partial charge is 0.372 e. The quantitative estimate of drug-likeness (QED) is 0.667. The van der Waals surface area contributed by atoms with E-state index in [1.165, 1.54) is 23.4 Å². The fourth-order valence-electron chi connectivity index (χ4n) is 3.63. The summed E-state index contributed by atoms with van der Waals surface area (Å²) in [6.07, 6.45) is 4.22. The first-order chi connectivity index (χ1) is 13.1. The Balaban J connectivity index is 1.49. The lowest BCUT2D eigenvalue weighted by Gasteiger charge is -2.17. The molecule has 0 atom stereocenters. The van der Waals surface area contributed by atoms with Crippen LogP contribution >= 0.6 is 0 Å². The number of hydrogen-bond donors (Lipinski definition) is 1. The van der Waals surface area contributed by atoms with Crippen molar-refractivity contribution in [1.29, 1.82) is 0 Å². The highest BCUT2D eigenvalue weighted by atomic mass is 16.2. The van der Waals surface area contributed by atoms with E-state index in [-0.39, 0.29) is 18.5 Å². The van der Waals surface area contributed by atoms with Crippen LogP contribution in [0.2, 0.25) is 0 Å². The fraction of sp³-hybridized carbons (Fsp3) is 0.273. The van der Waals surface area contributed by atoms with Gasteiger partial charge in [-0.1, -0.05) is 42.0 Å². The van der Waals surface area contributed by atoms with Crippen molar-refractivity contribution in [3.05, 3.63) is 70.9 Å². The molecule has 0 unspecified atom stereocenters. The van der Waals surface area contributed by atoms with E-state index in [4.69, 9.17) is 0 Å². The number of carbonyl (C=O) groups is 2. The number of aryl methyl sites for hydroxylation is 1. The molecule has 0 saturated carbocycles. The second-order valence-corrected chi connectivity index (χ2v) is 7.15. The lowest BCUT2D eigenvalue weighted by Crippen LogP contribution is -2.30. The third-order valence-electron chi connectivity index (χ3n) is 5.06. The molecule has 0 aliphatic carbocycles. The minimum absolute atomic E-state index is 0.275. The number of imide groups is 1. The maximum Gasteiger partial charge on any atom is 0.329 e. The first kappa shape index (κ1) is 17.3. The van der Waals surface area contributed by atoms with Gasteiger partial charge in [0.2, 0.25) is 0 Å². The Morgan fingerprint density at radius 1 is 1.04 bits per heavy atom. The molecular weight excluding hydrogens is 338 g/mol. The molecule has 2 aromatic rings. The molecule has 2 aliphatic rings.